The number of nitrogens with zero attached hydrogens (tertiary/aromatic N) is 2. The number of hydrogen-bond donors (Lipinski definition) is 1. The maximum Gasteiger partial charge on any atom is 0.268 e. The Morgan fingerprint density at radius 1 is 1.23 bits per heavy atom. The summed E-state index contributed by atoms with van der Waals surface area (Å²) in [5.41, 5.74) is 0.609. The SMILES string of the molecule is O=C(NC1CC(F)C1)c1cc2cccnc2n1-c1cc(F)c(Cl)c(F)c1. The van der Waals surface area contributed by atoms with Crippen molar-refractivity contribution in [3.8, 4) is 5.69 Å². The molecule has 0 radical (unpaired) electrons. The first-order valence-corrected chi connectivity index (χ1v) is 8.38. The second kappa shape index (κ2) is 6.32. The first-order chi connectivity index (χ1) is 12.4. The summed E-state index contributed by atoms with van der Waals surface area (Å²) in [4.78, 5) is 16.9. The van der Waals surface area contributed by atoms with E-state index in [9.17, 15) is 18.0 Å². The molecule has 1 N–H and O–H groups in total. The fourth-order valence-electron chi connectivity index (χ4n) is 3.06. The smallest absolute Gasteiger partial charge is 0.268 e. The Morgan fingerprint density at radius 3 is 2.58 bits per heavy atom. The number of nitrogens with one attached hydrogen (secondary N) is 1. The average molecular weight is 380 g/mol. The van der Waals surface area contributed by atoms with Crippen molar-refractivity contribution in [3.63, 3.8) is 0 Å². The molecule has 1 aromatic carbocycles. The molecule has 0 spiro atoms. The van der Waals surface area contributed by atoms with Crippen LogP contribution in [0.25, 0.3) is 16.7 Å². The van der Waals surface area contributed by atoms with Crippen LogP contribution in [0.1, 0.15) is 23.3 Å². The largest absolute Gasteiger partial charge is 0.348 e. The minimum atomic E-state index is -0.940. The lowest BCUT2D eigenvalue weighted by Crippen LogP contribution is -2.45. The van der Waals surface area contributed by atoms with Crippen molar-refractivity contribution in [1.82, 2.24) is 14.9 Å². The molecule has 1 fully saturated rings. The molecule has 8 heteroatoms. The van der Waals surface area contributed by atoms with Gasteiger partial charge in [0.25, 0.3) is 5.91 Å². The topological polar surface area (TPSA) is 46.9 Å². The number of carbonyl (C=O) groups is 1. The quantitative estimate of drug-likeness (QED) is 0.694. The van der Waals surface area contributed by atoms with Crippen molar-refractivity contribution >= 4 is 28.5 Å². The van der Waals surface area contributed by atoms with Gasteiger partial charge < -0.3 is 5.32 Å². The second-order valence-electron chi connectivity index (χ2n) is 6.24. The number of hydrogen-bond acceptors (Lipinski definition) is 2. The molecule has 1 amide bonds. The molecule has 134 valence electrons. The molecule has 4 rings (SSSR count). The molecular weight excluding hydrogens is 367 g/mol. The van der Waals surface area contributed by atoms with Crippen LogP contribution in [0.2, 0.25) is 5.02 Å². The van der Waals surface area contributed by atoms with Gasteiger partial charge in [0.15, 0.2) is 0 Å². The normalized spacial score (nSPS) is 19.4. The van der Waals surface area contributed by atoms with Crippen LogP contribution in [0.3, 0.4) is 0 Å². The summed E-state index contributed by atoms with van der Waals surface area (Å²) in [6.45, 7) is 0. The summed E-state index contributed by atoms with van der Waals surface area (Å²) in [5.74, 6) is -2.34. The van der Waals surface area contributed by atoms with Crippen molar-refractivity contribution < 1.29 is 18.0 Å². The molecule has 0 unspecified atom stereocenters. The predicted molar refractivity (Wildman–Crippen MR) is 91.4 cm³/mol. The van der Waals surface area contributed by atoms with Gasteiger partial charge >= 0.3 is 0 Å². The Kier molecular flexibility index (Phi) is 4.11. The molecule has 0 saturated heterocycles. The first kappa shape index (κ1) is 16.9. The Hall–Kier alpha value is -2.54. The number of alkyl halides is 1. The van der Waals surface area contributed by atoms with Gasteiger partial charge in [0.05, 0.1) is 5.69 Å². The van der Waals surface area contributed by atoms with E-state index >= 15 is 0 Å². The van der Waals surface area contributed by atoms with Gasteiger partial charge in [-0.05, 0) is 43.2 Å². The van der Waals surface area contributed by atoms with E-state index in [1.54, 1.807) is 18.2 Å². The zero-order valence-corrected chi connectivity index (χ0v) is 14.1. The van der Waals surface area contributed by atoms with E-state index in [2.05, 4.69) is 10.3 Å². The Balaban J connectivity index is 1.83. The van der Waals surface area contributed by atoms with Crippen molar-refractivity contribution in [2.24, 2.45) is 0 Å². The van der Waals surface area contributed by atoms with Crippen molar-refractivity contribution in [2.45, 2.75) is 25.1 Å². The third kappa shape index (κ3) is 2.82. The molecule has 1 saturated carbocycles. The van der Waals surface area contributed by atoms with Gasteiger partial charge in [0.1, 0.15) is 34.2 Å². The van der Waals surface area contributed by atoms with Crippen LogP contribution in [-0.2, 0) is 0 Å². The standard InChI is InChI=1S/C18H13ClF3N3O/c19-16-13(21)7-12(8-14(16)22)25-15(4-9-2-1-3-23-17(9)25)18(26)24-11-5-10(20)6-11/h1-4,7-8,10-11H,5-6H2,(H,24,26). The maximum absolute atomic E-state index is 13.9. The number of rotatable bonds is 3. The summed E-state index contributed by atoms with van der Waals surface area (Å²) in [7, 11) is 0. The van der Waals surface area contributed by atoms with E-state index in [1.165, 1.54) is 10.8 Å². The van der Waals surface area contributed by atoms with E-state index in [1.807, 2.05) is 0 Å². The molecule has 1 aliphatic rings. The van der Waals surface area contributed by atoms with E-state index < -0.39 is 28.7 Å². The minimum absolute atomic E-state index is 0.0835. The molecule has 0 bridgehead atoms. The third-order valence-electron chi connectivity index (χ3n) is 4.44. The number of aromatic nitrogens is 2. The van der Waals surface area contributed by atoms with Crippen LogP contribution < -0.4 is 5.32 Å². The zero-order valence-electron chi connectivity index (χ0n) is 13.3. The fourth-order valence-corrected chi connectivity index (χ4v) is 3.17. The highest BCUT2D eigenvalue weighted by atomic mass is 35.5. The maximum atomic E-state index is 13.9. The van der Waals surface area contributed by atoms with Gasteiger partial charge in [-0.25, -0.2) is 18.2 Å². The van der Waals surface area contributed by atoms with Gasteiger partial charge in [-0.3, -0.25) is 9.36 Å². The van der Waals surface area contributed by atoms with Gasteiger partial charge in [-0.15, -0.1) is 0 Å². The van der Waals surface area contributed by atoms with E-state index in [0.29, 0.717) is 11.0 Å². The molecule has 0 aliphatic heterocycles. The lowest BCUT2D eigenvalue weighted by atomic mass is 9.91. The molecule has 26 heavy (non-hydrogen) atoms. The highest BCUT2D eigenvalue weighted by Gasteiger charge is 2.31. The van der Waals surface area contributed by atoms with E-state index in [-0.39, 0.29) is 30.3 Å². The fraction of sp³-hybridized carbons (Fsp3) is 0.222. The Morgan fingerprint density at radius 2 is 1.92 bits per heavy atom. The zero-order chi connectivity index (χ0) is 18.4. The Bertz CT molecular complexity index is 991. The van der Waals surface area contributed by atoms with Crippen LogP contribution in [0.4, 0.5) is 13.2 Å². The lowest BCUT2D eigenvalue weighted by molar-refractivity contribution is 0.0854. The van der Waals surface area contributed by atoms with E-state index in [0.717, 1.165) is 12.1 Å². The number of carbonyl (C=O) groups excluding carboxylic acids is 1. The monoisotopic (exact) mass is 379 g/mol. The molecule has 0 atom stereocenters. The minimum Gasteiger partial charge on any atom is -0.348 e. The van der Waals surface area contributed by atoms with Gasteiger partial charge in [-0.2, -0.15) is 0 Å². The number of fused-ring (bicyclic) bond motifs is 1. The molecule has 2 heterocycles. The van der Waals surface area contributed by atoms with Crippen LogP contribution in [0, 0.1) is 11.6 Å². The number of benzene rings is 1. The second-order valence-corrected chi connectivity index (χ2v) is 6.62. The molecular formula is C18H13ClF3N3O. The number of amides is 1. The predicted octanol–water partition coefficient (Wildman–Crippen LogP) is 4.19. The molecule has 3 aromatic rings. The summed E-state index contributed by atoms with van der Waals surface area (Å²) in [6.07, 6.45) is 1.12. The summed E-state index contributed by atoms with van der Waals surface area (Å²) in [6, 6.07) is 6.83. The van der Waals surface area contributed by atoms with Crippen molar-refractivity contribution in [2.75, 3.05) is 0 Å². The van der Waals surface area contributed by atoms with E-state index in [4.69, 9.17) is 11.6 Å². The molecule has 4 nitrogen and oxygen atoms in total. The first-order valence-electron chi connectivity index (χ1n) is 8.00. The highest BCUT2D eigenvalue weighted by molar-refractivity contribution is 6.30. The van der Waals surface area contributed by atoms with Gasteiger partial charge in [0, 0.05) is 17.6 Å². The molecule has 2 aromatic heterocycles. The third-order valence-corrected chi connectivity index (χ3v) is 4.80. The number of halogens is 4. The van der Waals surface area contributed by atoms with Crippen LogP contribution in [0.5, 0.6) is 0 Å². The van der Waals surface area contributed by atoms with Gasteiger partial charge in [-0.1, -0.05) is 11.6 Å². The number of pyridine rings is 1. The summed E-state index contributed by atoms with van der Waals surface area (Å²) >= 11 is 5.55. The summed E-state index contributed by atoms with van der Waals surface area (Å²) < 4.78 is 42.2. The van der Waals surface area contributed by atoms with Crippen LogP contribution in [0.15, 0.2) is 36.5 Å². The average Bonchev–Trinajstić information content (AvgIpc) is 2.97. The Labute approximate surface area is 151 Å². The lowest BCUT2D eigenvalue weighted by Gasteiger charge is -2.30. The summed E-state index contributed by atoms with van der Waals surface area (Å²) in [5, 5.41) is 2.75. The highest BCUT2D eigenvalue weighted by Crippen LogP contribution is 2.28. The van der Waals surface area contributed by atoms with Crippen LogP contribution >= 0.6 is 11.6 Å². The van der Waals surface area contributed by atoms with Crippen molar-refractivity contribution in [3.05, 3.63) is 58.9 Å². The van der Waals surface area contributed by atoms with Crippen LogP contribution in [-0.4, -0.2) is 27.7 Å². The molecule has 1 aliphatic carbocycles. The van der Waals surface area contributed by atoms with Crippen molar-refractivity contribution in [1.29, 1.82) is 0 Å². The van der Waals surface area contributed by atoms with Gasteiger partial charge in [0.2, 0.25) is 0 Å².